The molecule has 1 saturated heterocycles. The Kier molecular flexibility index (Phi) is 5.38. The van der Waals surface area contributed by atoms with Crippen LogP contribution >= 0.6 is 31.4 Å². The first-order valence-corrected chi connectivity index (χ1v) is 13.1. The summed E-state index contributed by atoms with van der Waals surface area (Å²) >= 11 is 0. The topological polar surface area (TPSA) is 27.7 Å². The van der Waals surface area contributed by atoms with Gasteiger partial charge >= 0.3 is 8.80 Å². The molecular formula is C13H24O3S3Si. The molecule has 5 atom stereocenters. The van der Waals surface area contributed by atoms with Crippen molar-refractivity contribution < 1.29 is 13.3 Å². The summed E-state index contributed by atoms with van der Waals surface area (Å²) < 4.78 is 18.5. The van der Waals surface area contributed by atoms with Crippen LogP contribution in [0.25, 0.3) is 0 Å². The Morgan fingerprint density at radius 3 is 2.10 bits per heavy atom. The number of rotatable bonds is 7. The van der Waals surface area contributed by atoms with Gasteiger partial charge in [-0.15, -0.1) is 0 Å². The molecule has 7 heteroatoms. The molecular weight excluding hydrogens is 328 g/mol. The zero-order valence-electron chi connectivity index (χ0n) is 12.4. The lowest BCUT2D eigenvalue weighted by Gasteiger charge is -2.39. The minimum absolute atomic E-state index is 0.528. The maximum Gasteiger partial charge on any atom is 0.504 e. The van der Waals surface area contributed by atoms with Crippen LogP contribution in [0.2, 0.25) is 5.54 Å². The molecule has 0 aromatic rings. The van der Waals surface area contributed by atoms with Crippen LogP contribution in [0.1, 0.15) is 33.6 Å². The molecule has 3 aliphatic rings. The average molecular weight is 353 g/mol. The van der Waals surface area contributed by atoms with Gasteiger partial charge in [-0.3, -0.25) is 0 Å². The summed E-state index contributed by atoms with van der Waals surface area (Å²) in [6.07, 6.45) is 2.62. The second-order valence-corrected chi connectivity index (χ2v) is 12.8. The van der Waals surface area contributed by atoms with E-state index in [0.717, 1.165) is 22.3 Å². The second kappa shape index (κ2) is 6.72. The predicted molar refractivity (Wildman–Crippen MR) is 90.9 cm³/mol. The Bertz CT molecular complexity index is 330. The van der Waals surface area contributed by atoms with Crippen molar-refractivity contribution in [3.63, 3.8) is 0 Å². The van der Waals surface area contributed by atoms with Gasteiger partial charge in [0.25, 0.3) is 0 Å². The van der Waals surface area contributed by atoms with Crippen LogP contribution in [0.3, 0.4) is 0 Å². The Balaban J connectivity index is 1.81. The maximum absolute atomic E-state index is 6.17. The lowest BCUT2D eigenvalue weighted by atomic mass is 9.99. The molecule has 3 fully saturated rings. The fourth-order valence-corrected chi connectivity index (χ4v) is 14.6. The molecule has 0 aromatic carbocycles. The molecule has 0 amide bonds. The van der Waals surface area contributed by atoms with Gasteiger partial charge in [0.05, 0.1) is 0 Å². The van der Waals surface area contributed by atoms with Crippen molar-refractivity contribution in [2.24, 2.45) is 11.8 Å². The van der Waals surface area contributed by atoms with Gasteiger partial charge in [-0.2, -0.15) is 0 Å². The zero-order valence-corrected chi connectivity index (χ0v) is 15.8. The second-order valence-electron chi connectivity index (χ2n) is 5.59. The zero-order chi connectivity index (χ0) is 14.2. The van der Waals surface area contributed by atoms with Crippen LogP contribution in [-0.4, -0.2) is 39.1 Å². The molecule has 20 heavy (non-hydrogen) atoms. The summed E-state index contributed by atoms with van der Waals surface area (Å²) in [5, 5.41) is 1.66. The highest BCUT2D eigenvalue weighted by atomic mass is 33.5. The largest absolute Gasteiger partial charge is 0.504 e. The third-order valence-electron chi connectivity index (χ3n) is 4.65. The van der Waals surface area contributed by atoms with Gasteiger partial charge in [-0.1, -0.05) is 21.6 Å². The fourth-order valence-electron chi connectivity index (χ4n) is 4.08. The van der Waals surface area contributed by atoms with Crippen LogP contribution in [0.5, 0.6) is 0 Å². The normalized spacial score (nSPS) is 39.5. The Morgan fingerprint density at radius 1 is 0.900 bits per heavy atom. The third-order valence-corrected chi connectivity index (χ3v) is 13.6. The van der Waals surface area contributed by atoms with Crippen molar-refractivity contribution in [2.45, 2.75) is 49.7 Å². The fraction of sp³-hybridized carbons (Fsp3) is 1.00. The Morgan fingerprint density at radius 2 is 1.50 bits per heavy atom. The minimum atomic E-state index is -2.51. The van der Waals surface area contributed by atoms with Crippen LogP contribution in [-0.2, 0) is 13.3 Å². The lowest BCUT2D eigenvalue weighted by molar-refractivity contribution is 0.0545. The van der Waals surface area contributed by atoms with Gasteiger partial charge < -0.3 is 13.3 Å². The molecule has 2 bridgehead atoms. The summed E-state index contributed by atoms with van der Waals surface area (Å²) in [5.41, 5.74) is 0.528. The molecule has 1 aliphatic heterocycles. The van der Waals surface area contributed by atoms with E-state index in [-0.39, 0.29) is 0 Å². The van der Waals surface area contributed by atoms with Crippen molar-refractivity contribution in [3.8, 4) is 0 Å². The van der Waals surface area contributed by atoms with Crippen molar-refractivity contribution in [3.05, 3.63) is 0 Å². The summed E-state index contributed by atoms with van der Waals surface area (Å²) in [6.45, 7) is 8.28. The van der Waals surface area contributed by atoms with Gasteiger partial charge in [0, 0.05) is 35.9 Å². The smallest absolute Gasteiger partial charge is 0.374 e. The summed E-state index contributed by atoms with van der Waals surface area (Å²) in [7, 11) is 3.67. The van der Waals surface area contributed by atoms with Crippen molar-refractivity contribution in [1.82, 2.24) is 0 Å². The van der Waals surface area contributed by atoms with Gasteiger partial charge in [0.2, 0.25) is 0 Å². The SMILES string of the molecule is CCO[Si](OCC)(OCC)C1C[C@@H]2C[C@H]1C1SSSC12. The molecule has 0 N–H and O–H groups in total. The van der Waals surface area contributed by atoms with Crippen molar-refractivity contribution >= 4 is 40.2 Å². The van der Waals surface area contributed by atoms with Crippen molar-refractivity contribution in [1.29, 1.82) is 0 Å². The van der Waals surface area contributed by atoms with E-state index in [0.29, 0.717) is 25.4 Å². The highest BCUT2D eigenvalue weighted by Crippen LogP contribution is 2.69. The molecule has 0 radical (unpaired) electrons. The molecule has 2 saturated carbocycles. The molecule has 3 rings (SSSR count). The van der Waals surface area contributed by atoms with Gasteiger partial charge in [-0.25, -0.2) is 0 Å². The van der Waals surface area contributed by atoms with Crippen LogP contribution in [0, 0.1) is 11.8 Å². The molecule has 3 nitrogen and oxygen atoms in total. The first-order valence-electron chi connectivity index (χ1n) is 7.66. The van der Waals surface area contributed by atoms with Gasteiger partial charge in [0.1, 0.15) is 0 Å². The summed E-state index contributed by atoms with van der Waals surface area (Å²) in [4.78, 5) is 0. The van der Waals surface area contributed by atoms with E-state index >= 15 is 0 Å². The van der Waals surface area contributed by atoms with E-state index in [2.05, 4.69) is 42.4 Å². The van der Waals surface area contributed by atoms with Gasteiger partial charge in [0.15, 0.2) is 0 Å². The van der Waals surface area contributed by atoms with Gasteiger partial charge in [-0.05, 0) is 55.3 Å². The Hall–Kier alpha value is 1.15. The lowest BCUT2D eigenvalue weighted by Crippen LogP contribution is -2.53. The van der Waals surface area contributed by atoms with E-state index in [1.165, 1.54) is 12.8 Å². The quantitative estimate of drug-likeness (QED) is 0.503. The van der Waals surface area contributed by atoms with E-state index in [1.54, 1.807) is 0 Å². The predicted octanol–water partition coefficient (Wildman–Crippen LogP) is 4.23. The average Bonchev–Trinajstić information content (AvgIpc) is 3.12. The number of hydrogen-bond donors (Lipinski definition) is 0. The molecule has 1 heterocycles. The molecule has 3 unspecified atom stereocenters. The molecule has 2 aliphatic carbocycles. The molecule has 0 spiro atoms. The standard InChI is InChI=1S/C13H24O3S3Si/c1-4-14-20(15-5-2,16-6-3)11-8-9-7-10(11)13-12(9)17-19-18-13/h9-13H,4-8H2,1-3H3/t9-,10+,11?,12?,13?/m0/s1. The number of fused-ring (bicyclic) bond motifs is 5. The Labute approximate surface area is 134 Å². The molecule has 116 valence electrons. The van der Waals surface area contributed by atoms with E-state index in [9.17, 15) is 0 Å². The van der Waals surface area contributed by atoms with Crippen LogP contribution in [0.4, 0.5) is 0 Å². The van der Waals surface area contributed by atoms with E-state index in [4.69, 9.17) is 13.3 Å². The van der Waals surface area contributed by atoms with Crippen LogP contribution in [0.15, 0.2) is 0 Å². The molecule has 0 aromatic heterocycles. The van der Waals surface area contributed by atoms with E-state index in [1.807, 2.05) is 9.83 Å². The number of hydrogen-bond acceptors (Lipinski definition) is 6. The first kappa shape index (κ1) is 16.0. The van der Waals surface area contributed by atoms with Crippen LogP contribution < -0.4 is 0 Å². The maximum atomic E-state index is 6.17. The monoisotopic (exact) mass is 352 g/mol. The summed E-state index contributed by atoms with van der Waals surface area (Å²) in [5.74, 6) is 1.60. The summed E-state index contributed by atoms with van der Waals surface area (Å²) in [6, 6.07) is 0. The van der Waals surface area contributed by atoms with E-state index < -0.39 is 8.80 Å². The highest BCUT2D eigenvalue weighted by molar-refractivity contribution is 9.11. The highest BCUT2D eigenvalue weighted by Gasteiger charge is 2.65. The first-order chi connectivity index (χ1) is 9.75. The van der Waals surface area contributed by atoms with Crippen molar-refractivity contribution in [2.75, 3.05) is 19.8 Å². The third kappa shape index (κ3) is 2.61. The minimum Gasteiger partial charge on any atom is -0.374 e.